The molecule has 2 amide bonds. The van der Waals surface area contributed by atoms with Crippen LogP contribution in [0.2, 0.25) is 0 Å². The van der Waals surface area contributed by atoms with Crippen molar-refractivity contribution in [3.05, 3.63) is 53.6 Å². The van der Waals surface area contributed by atoms with E-state index in [0.29, 0.717) is 35.6 Å². The van der Waals surface area contributed by atoms with Crippen LogP contribution in [0.1, 0.15) is 48.5 Å². The molecule has 0 aliphatic carbocycles. The van der Waals surface area contributed by atoms with Crippen LogP contribution in [-0.4, -0.2) is 37.6 Å². The van der Waals surface area contributed by atoms with Crippen molar-refractivity contribution in [2.45, 2.75) is 44.4 Å². The molecule has 1 aliphatic rings. The fraction of sp³-hybridized carbons (Fsp3) is 0.364. The normalized spacial score (nSPS) is 15.3. The minimum Gasteiger partial charge on any atom is -0.326 e. The number of nitrogens with one attached hydrogen (secondary N) is 2. The van der Waals surface area contributed by atoms with Gasteiger partial charge < -0.3 is 10.6 Å². The van der Waals surface area contributed by atoms with E-state index in [2.05, 4.69) is 10.6 Å². The van der Waals surface area contributed by atoms with Gasteiger partial charge in [0.05, 0.1) is 4.90 Å². The first-order chi connectivity index (χ1) is 14.3. The van der Waals surface area contributed by atoms with Crippen molar-refractivity contribution in [3.63, 3.8) is 0 Å². The molecule has 0 radical (unpaired) electrons. The minimum absolute atomic E-state index is 0.132. The number of aryl methyl sites for hydroxylation is 1. The van der Waals surface area contributed by atoms with Crippen LogP contribution in [0.4, 0.5) is 11.4 Å². The molecular formula is C22H27N3O4S. The van der Waals surface area contributed by atoms with Crippen molar-refractivity contribution in [1.82, 2.24) is 4.31 Å². The molecule has 160 valence electrons. The molecule has 0 unspecified atom stereocenters. The maximum atomic E-state index is 13.1. The van der Waals surface area contributed by atoms with Gasteiger partial charge in [-0.15, -0.1) is 0 Å². The molecule has 0 saturated carbocycles. The molecule has 7 nitrogen and oxygen atoms in total. The lowest BCUT2D eigenvalue weighted by molar-refractivity contribution is -0.114. The Labute approximate surface area is 177 Å². The lowest BCUT2D eigenvalue weighted by Crippen LogP contribution is -2.32. The number of amides is 2. The number of nitrogens with zero attached hydrogens (tertiary/aromatic N) is 1. The highest BCUT2D eigenvalue weighted by molar-refractivity contribution is 7.89. The van der Waals surface area contributed by atoms with Gasteiger partial charge in [-0.2, -0.15) is 4.31 Å². The lowest BCUT2D eigenvalue weighted by atomic mass is 10.1. The van der Waals surface area contributed by atoms with Gasteiger partial charge in [0.2, 0.25) is 15.9 Å². The molecule has 2 N–H and O–H groups in total. The third kappa shape index (κ3) is 5.25. The van der Waals surface area contributed by atoms with Crippen LogP contribution in [0.15, 0.2) is 47.4 Å². The van der Waals surface area contributed by atoms with E-state index in [-0.39, 0.29) is 10.8 Å². The van der Waals surface area contributed by atoms with Crippen LogP contribution in [0.3, 0.4) is 0 Å². The molecule has 2 aromatic carbocycles. The summed E-state index contributed by atoms with van der Waals surface area (Å²) in [5, 5.41) is 5.45. The summed E-state index contributed by atoms with van der Waals surface area (Å²) in [7, 11) is -3.65. The molecule has 2 aromatic rings. The number of hydrogen-bond donors (Lipinski definition) is 2. The molecule has 8 heteroatoms. The first kappa shape index (κ1) is 22.0. The summed E-state index contributed by atoms with van der Waals surface area (Å²) in [5.74, 6) is -0.610. The number of carbonyl (C=O) groups is 2. The third-order valence-electron chi connectivity index (χ3n) is 5.10. The molecule has 0 atom stereocenters. The summed E-state index contributed by atoms with van der Waals surface area (Å²) in [6.07, 6.45) is 3.77. The van der Waals surface area contributed by atoms with Gasteiger partial charge in [-0.1, -0.05) is 25.0 Å². The van der Waals surface area contributed by atoms with E-state index in [1.165, 1.54) is 17.3 Å². The number of hydrogen-bond acceptors (Lipinski definition) is 4. The van der Waals surface area contributed by atoms with Crippen LogP contribution in [0, 0.1) is 6.92 Å². The second-order valence-corrected chi connectivity index (χ2v) is 9.45. The van der Waals surface area contributed by atoms with E-state index < -0.39 is 15.9 Å². The molecular weight excluding hydrogens is 402 g/mol. The first-order valence-corrected chi connectivity index (χ1v) is 11.5. The molecule has 1 fully saturated rings. The van der Waals surface area contributed by atoms with E-state index >= 15 is 0 Å². The zero-order valence-corrected chi connectivity index (χ0v) is 18.1. The fourth-order valence-electron chi connectivity index (χ4n) is 3.51. The molecule has 0 spiro atoms. The Balaban J connectivity index is 1.84. The molecule has 1 aliphatic heterocycles. The van der Waals surface area contributed by atoms with E-state index in [9.17, 15) is 18.0 Å². The smallest absolute Gasteiger partial charge is 0.255 e. The molecule has 0 aromatic heterocycles. The summed E-state index contributed by atoms with van der Waals surface area (Å²) in [6.45, 7) is 4.19. The predicted molar refractivity (Wildman–Crippen MR) is 117 cm³/mol. The average molecular weight is 430 g/mol. The van der Waals surface area contributed by atoms with Crippen molar-refractivity contribution < 1.29 is 18.0 Å². The first-order valence-electron chi connectivity index (χ1n) is 10.1. The quantitative estimate of drug-likeness (QED) is 0.756. The van der Waals surface area contributed by atoms with Gasteiger partial charge in [0.15, 0.2) is 0 Å². The molecule has 30 heavy (non-hydrogen) atoms. The van der Waals surface area contributed by atoms with Gasteiger partial charge in [-0.25, -0.2) is 8.42 Å². The van der Waals surface area contributed by atoms with Crippen molar-refractivity contribution in [1.29, 1.82) is 0 Å². The number of carbonyl (C=O) groups excluding carboxylic acids is 2. The van der Waals surface area contributed by atoms with Crippen molar-refractivity contribution in [3.8, 4) is 0 Å². The Hall–Kier alpha value is -2.71. The Morgan fingerprint density at radius 1 is 0.900 bits per heavy atom. The molecule has 3 rings (SSSR count). The summed E-state index contributed by atoms with van der Waals surface area (Å²) in [6, 6.07) is 11.5. The van der Waals surface area contributed by atoms with Gasteiger partial charge in [0.1, 0.15) is 0 Å². The highest BCUT2D eigenvalue weighted by Gasteiger charge is 2.26. The lowest BCUT2D eigenvalue weighted by Gasteiger charge is -2.20. The monoisotopic (exact) mass is 429 g/mol. The zero-order chi connectivity index (χ0) is 21.7. The van der Waals surface area contributed by atoms with Crippen LogP contribution in [-0.2, 0) is 14.8 Å². The van der Waals surface area contributed by atoms with E-state index in [1.807, 2.05) is 0 Å². The van der Waals surface area contributed by atoms with Crippen LogP contribution in [0.5, 0.6) is 0 Å². The Kier molecular flexibility index (Phi) is 6.89. The van der Waals surface area contributed by atoms with Gasteiger partial charge in [-0.05, 0) is 55.7 Å². The van der Waals surface area contributed by atoms with Crippen molar-refractivity contribution >= 4 is 33.2 Å². The third-order valence-corrected chi connectivity index (χ3v) is 6.99. The Morgan fingerprint density at radius 2 is 1.53 bits per heavy atom. The van der Waals surface area contributed by atoms with E-state index in [1.54, 1.807) is 43.3 Å². The van der Waals surface area contributed by atoms with Gasteiger partial charge in [0, 0.05) is 37.0 Å². The highest BCUT2D eigenvalue weighted by Crippen LogP contribution is 2.24. The highest BCUT2D eigenvalue weighted by atomic mass is 32.2. The topological polar surface area (TPSA) is 95.6 Å². The summed E-state index contributed by atoms with van der Waals surface area (Å²) in [4.78, 5) is 24.2. The van der Waals surface area contributed by atoms with Crippen molar-refractivity contribution in [2.75, 3.05) is 23.7 Å². The Morgan fingerprint density at radius 3 is 2.17 bits per heavy atom. The predicted octanol–water partition coefficient (Wildman–Crippen LogP) is 3.77. The summed E-state index contributed by atoms with van der Waals surface area (Å²) in [5.41, 5.74) is 2.05. The van der Waals surface area contributed by atoms with Crippen LogP contribution < -0.4 is 10.6 Å². The average Bonchev–Trinajstić information content (AvgIpc) is 2.98. The number of rotatable bonds is 5. The standard InChI is InChI=1S/C22H27N3O4S/c1-16-10-11-20(30(28,29)25-12-5-3-4-6-13-25)15-21(16)22(27)24-19-9-7-8-18(14-19)23-17(2)26/h7-11,14-15H,3-6,12-13H2,1-2H3,(H,23,26)(H,24,27). The number of sulfonamides is 1. The summed E-state index contributed by atoms with van der Waals surface area (Å²) >= 11 is 0. The summed E-state index contributed by atoms with van der Waals surface area (Å²) < 4.78 is 27.7. The maximum absolute atomic E-state index is 13.1. The second-order valence-electron chi connectivity index (χ2n) is 7.51. The Bertz CT molecular complexity index is 1040. The van der Waals surface area contributed by atoms with E-state index in [4.69, 9.17) is 0 Å². The van der Waals surface area contributed by atoms with Crippen LogP contribution >= 0.6 is 0 Å². The molecule has 0 bridgehead atoms. The van der Waals surface area contributed by atoms with Crippen molar-refractivity contribution in [2.24, 2.45) is 0 Å². The van der Waals surface area contributed by atoms with Gasteiger partial charge in [0.25, 0.3) is 5.91 Å². The SMILES string of the molecule is CC(=O)Nc1cccc(NC(=O)c2cc(S(=O)(=O)N3CCCCCC3)ccc2C)c1. The van der Waals surface area contributed by atoms with Gasteiger partial charge >= 0.3 is 0 Å². The minimum atomic E-state index is -3.65. The largest absolute Gasteiger partial charge is 0.326 e. The second kappa shape index (κ2) is 9.40. The fourth-order valence-corrected chi connectivity index (χ4v) is 5.06. The molecule has 1 heterocycles. The van der Waals surface area contributed by atoms with Gasteiger partial charge in [-0.3, -0.25) is 9.59 Å². The molecule has 1 saturated heterocycles. The van der Waals surface area contributed by atoms with E-state index in [0.717, 1.165) is 25.7 Å². The number of anilines is 2. The van der Waals surface area contributed by atoms with Crippen LogP contribution in [0.25, 0.3) is 0 Å². The zero-order valence-electron chi connectivity index (χ0n) is 17.3. The number of benzene rings is 2. The maximum Gasteiger partial charge on any atom is 0.255 e.